The first-order valence-corrected chi connectivity index (χ1v) is 4.72. The minimum Gasteiger partial charge on any atom is -0.493 e. The molecule has 0 aliphatic rings. The fraction of sp³-hybridized carbons (Fsp3) is 0.300. The Kier molecular flexibility index (Phi) is 3.98. The molecule has 0 spiro atoms. The molecular formula is C10H11ClO5. The summed E-state index contributed by atoms with van der Waals surface area (Å²) in [5.41, 5.74) is 0.0619. The highest BCUT2D eigenvalue weighted by Gasteiger charge is 2.23. The lowest BCUT2D eigenvalue weighted by atomic mass is 10.1. The van der Waals surface area contributed by atoms with Gasteiger partial charge < -0.3 is 19.7 Å². The normalized spacial score (nSPS) is 12.0. The lowest BCUT2D eigenvalue weighted by Crippen LogP contribution is -2.11. The first kappa shape index (κ1) is 12.6. The van der Waals surface area contributed by atoms with Crippen molar-refractivity contribution in [1.29, 1.82) is 0 Å². The van der Waals surface area contributed by atoms with Crippen molar-refractivity contribution in [3.05, 3.63) is 22.7 Å². The van der Waals surface area contributed by atoms with E-state index in [-0.39, 0.29) is 16.3 Å². The second-order valence-electron chi connectivity index (χ2n) is 2.95. The molecule has 0 aliphatic carbocycles. The first-order valence-electron chi connectivity index (χ1n) is 4.34. The van der Waals surface area contributed by atoms with Crippen LogP contribution >= 0.6 is 11.6 Å². The minimum absolute atomic E-state index is 0.0248. The predicted octanol–water partition coefficient (Wildman–Crippen LogP) is 1.48. The van der Waals surface area contributed by atoms with E-state index in [4.69, 9.17) is 26.2 Å². The summed E-state index contributed by atoms with van der Waals surface area (Å²) >= 11 is 5.90. The zero-order valence-corrected chi connectivity index (χ0v) is 9.49. The highest BCUT2D eigenvalue weighted by molar-refractivity contribution is 6.33. The lowest BCUT2D eigenvalue weighted by Gasteiger charge is -2.14. The average Bonchev–Trinajstić information content (AvgIpc) is 2.27. The number of ether oxygens (including phenoxy) is 2. The molecule has 1 rings (SSSR count). The number of aliphatic hydroxyl groups is 1. The number of carbonyl (C=O) groups is 1. The topological polar surface area (TPSA) is 76.0 Å². The zero-order chi connectivity index (χ0) is 12.3. The van der Waals surface area contributed by atoms with Crippen LogP contribution in [-0.2, 0) is 4.79 Å². The van der Waals surface area contributed by atoms with Crippen LogP contribution in [0.4, 0.5) is 0 Å². The second kappa shape index (κ2) is 5.05. The number of benzene rings is 1. The van der Waals surface area contributed by atoms with E-state index in [0.717, 1.165) is 0 Å². The largest absolute Gasteiger partial charge is 0.493 e. The summed E-state index contributed by atoms with van der Waals surface area (Å²) < 4.78 is 9.95. The third kappa shape index (κ3) is 2.20. The maximum atomic E-state index is 10.6. The summed E-state index contributed by atoms with van der Waals surface area (Å²) in [6, 6.07) is 2.86. The molecule has 0 amide bonds. The van der Waals surface area contributed by atoms with E-state index in [1.165, 1.54) is 26.4 Å². The molecule has 2 N–H and O–H groups in total. The SMILES string of the molecule is COc1ccc([C@H](O)C(=O)O)c(Cl)c1OC. The quantitative estimate of drug-likeness (QED) is 0.842. The van der Waals surface area contributed by atoms with Gasteiger partial charge in [0.05, 0.1) is 19.2 Å². The van der Waals surface area contributed by atoms with E-state index in [1.807, 2.05) is 0 Å². The highest BCUT2D eigenvalue weighted by Crippen LogP contribution is 2.39. The summed E-state index contributed by atoms with van der Waals surface area (Å²) in [5, 5.41) is 18.1. The van der Waals surface area contributed by atoms with E-state index in [1.54, 1.807) is 0 Å². The molecule has 6 heteroatoms. The smallest absolute Gasteiger partial charge is 0.337 e. The van der Waals surface area contributed by atoms with Crippen molar-refractivity contribution in [2.24, 2.45) is 0 Å². The van der Waals surface area contributed by atoms with Gasteiger partial charge in [0, 0.05) is 5.56 Å². The highest BCUT2D eigenvalue weighted by atomic mass is 35.5. The Hall–Kier alpha value is -1.46. The number of methoxy groups -OCH3 is 2. The van der Waals surface area contributed by atoms with Gasteiger partial charge in [0.1, 0.15) is 0 Å². The number of carboxylic acids is 1. The van der Waals surface area contributed by atoms with Crippen molar-refractivity contribution in [2.75, 3.05) is 14.2 Å². The molecule has 5 nitrogen and oxygen atoms in total. The molecule has 0 unspecified atom stereocenters. The zero-order valence-electron chi connectivity index (χ0n) is 8.73. The van der Waals surface area contributed by atoms with Crippen molar-refractivity contribution in [3.8, 4) is 11.5 Å². The van der Waals surface area contributed by atoms with Gasteiger partial charge in [0.15, 0.2) is 17.6 Å². The maximum Gasteiger partial charge on any atom is 0.337 e. The molecule has 0 radical (unpaired) electrons. The van der Waals surface area contributed by atoms with Gasteiger partial charge >= 0.3 is 5.97 Å². The van der Waals surface area contributed by atoms with Crippen LogP contribution in [0.5, 0.6) is 11.5 Å². The molecule has 1 aromatic rings. The van der Waals surface area contributed by atoms with Gasteiger partial charge in [-0.25, -0.2) is 4.79 Å². The third-order valence-electron chi connectivity index (χ3n) is 2.04. The van der Waals surface area contributed by atoms with Gasteiger partial charge in [-0.15, -0.1) is 0 Å². The molecule has 0 saturated heterocycles. The molecule has 0 aliphatic heterocycles. The number of carboxylic acid groups (broad SMARTS) is 1. The van der Waals surface area contributed by atoms with Gasteiger partial charge in [-0.1, -0.05) is 17.7 Å². The standard InChI is InChI=1S/C10H11ClO5/c1-15-6-4-3-5(8(12)10(13)14)7(11)9(6)16-2/h3-4,8,12H,1-2H3,(H,13,14)/t8-/m0/s1. The van der Waals surface area contributed by atoms with Gasteiger partial charge in [0.2, 0.25) is 0 Å². The fourth-order valence-electron chi connectivity index (χ4n) is 1.25. The maximum absolute atomic E-state index is 10.6. The second-order valence-corrected chi connectivity index (χ2v) is 3.32. The summed E-state index contributed by atoms with van der Waals surface area (Å²) in [6.07, 6.45) is -1.69. The Morgan fingerprint density at radius 3 is 2.44 bits per heavy atom. The molecular weight excluding hydrogens is 236 g/mol. The van der Waals surface area contributed by atoms with Crippen molar-refractivity contribution in [3.63, 3.8) is 0 Å². The Labute approximate surface area is 97.2 Å². The monoisotopic (exact) mass is 246 g/mol. The number of halogens is 1. The summed E-state index contributed by atoms with van der Waals surface area (Å²) in [6.45, 7) is 0. The van der Waals surface area contributed by atoms with E-state index in [9.17, 15) is 9.90 Å². The van der Waals surface area contributed by atoms with Crippen LogP contribution in [0.25, 0.3) is 0 Å². The summed E-state index contributed by atoms with van der Waals surface area (Å²) in [7, 11) is 2.81. The number of aliphatic hydroxyl groups excluding tert-OH is 1. The van der Waals surface area contributed by atoms with Crippen LogP contribution in [-0.4, -0.2) is 30.4 Å². The summed E-state index contributed by atoms with van der Waals surface area (Å²) in [4.78, 5) is 10.6. The molecule has 0 aromatic heterocycles. The van der Waals surface area contributed by atoms with E-state index in [2.05, 4.69) is 0 Å². The van der Waals surface area contributed by atoms with Gasteiger partial charge in [-0.05, 0) is 6.07 Å². The van der Waals surface area contributed by atoms with E-state index < -0.39 is 12.1 Å². The first-order chi connectivity index (χ1) is 7.52. The molecule has 0 fully saturated rings. The Morgan fingerprint density at radius 2 is 2.00 bits per heavy atom. The van der Waals surface area contributed by atoms with Crippen LogP contribution in [0.15, 0.2) is 12.1 Å². The van der Waals surface area contributed by atoms with Crippen LogP contribution in [0.3, 0.4) is 0 Å². The van der Waals surface area contributed by atoms with Crippen molar-refractivity contribution in [1.82, 2.24) is 0 Å². The molecule has 0 heterocycles. The Balaban J connectivity index is 3.29. The number of rotatable bonds is 4. The van der Waals surface area contributed by atoms with Crippen LogP contribution in [0.1, 0.15) is 11.7 Å². The van der Waals surface area contributed by atoms with Gasteiger partial charge in [-0.3, -0.25) is 0 Å². The predicted molar refractivity (Wildman–Crippen MR) is 57.2 cm³/mol. The van der Waals surface area contributed by atoms with Crippen molar-refractivity contribution in [2.45, 2.75) is 6.10 Å². The molecule has 16 heavy (non-hydrogen) atoms. The van der Waals surface area contributed by atoms with Crippen molar-refractivity contribution < 1.29 is 24.5 Å². The Morgan fingerprint density at radius 1 is 1.38 bits per heavy atom. The molecule has 1 aromatic carbocycles. The van der Waals surface area contributed by atoms with Crippen LogP contribution in [0.2, 0.25) is 5.02 Å². The number of hydrogen-bond donors (Lipinski definition) is 2. The lowest BCUT2D eigenvalue weighted by molar-refractivity contribution is -0.146. The molecule has 88 valence electrons. The minimum atomic E-state index is -1.69. The Bertz CT molecular complexity index is 404. The van der Waals surface area contributed by atoms with E-state index in [0.29, 0.717) is 5.75 Å². The number of aliphatic carboxylic acids is 1. The van der Waals surface area contributed by atoms with Crippen molar-refractivity contribution >= 4 is 17.6 Å². The van der Waals surface area contributed by atoms with Gasteiger partial charge in [0.25, 0.3) is 0 Å². The van der Waals surface area contributed by atoms with Gasteiger partial charge in [-0.2, -0.15) is 0 Å². The molecule has 0 saturated carbocycles. The molecule has 1 atom stereocenters. The average molecular weight is 247 g/mol. The molecule has 0 bridgehead atoms. The number of hydrogen-bond acceptors (Lipinski definition) is 4. The van der Waals surface area contributed by atoms with Crippen LogP contribution in [0, 0.1) is 0 Å². The summed E-state index contributed by atoms with van der Waals surface area (Å²) in [5.74, 6) is -0.815. The van der Waals surface area contributed by atoms with Crippen LogP contribution < -0.4 is 9.47 Å². The fourth-order valence-corrected chi connectivity index (χ4v) is 1.59. The van der Waals surface area contributed by atoms with E-state index >= 15 is 0 Å². The third-order valence-corrected chi connectivity index (χ3v) is 2.43.